The minimum atomic E-state index is -0.538. The number of hydrogen-bond donors (Lipinski definition) is 1. The van der Waals surface area contributed by atoms with Crippen LogP contribution in [-0.2, 0) is 9.59 Å². The molecule has 0 fully saturated rings. The fourth-order valence-electron chi connectivity index (χ4n) is 3.40. The first-order valence-electron chi connectivity index (χ1n) is 9.70. The lowest BCUT2D eigenvalue weighted by Gasteiger charge is -2.24. The van der Waals surface area contributed by atoms with E-state index in [9.17, 15) is 19.2 Å². The number of anilines is 2. The molecule has 0 atom stereocenters. The summed E-state index contributed by atoms with van der Waals surface area (Å²) in [4.78, 5) is 53.1. The van der Waals surface area contributed by atoms with Gasteiger partial charge in [-0.15, -0.1) is 0 Å². The van der Waals surface area contributed by atoms with E-state index in [0.717, 1.165) is 4.90 Å². The quantitative estimate of drug-likeness (QED) is 0.630. The maximum Gasteiger partial charge on any atom is 0.262 e. The lowest BCUT2D eigenvalue weighted by molar-refractivity contribution is -0.121. The third-order valence-corrected chi connectivity index (χ3v) is 4.90. The van der Waals surface area contributed by atoms with Gasteiger partial charge < -0.3 is 10.2 Å². The Bertz CT molecular complexity index is 1110. The molecular weight excluding hydrogens is 394 g/mol. The van der Waals surface area contributed by atoms with Crippen LogP contribution in [0.4, 0.5) is 11.4 Å². The van der Waals surface area contributed by atoms with Gasteiger partial charge in [-0.1, -0.05) is 48.5 Å². The van der Waals surface area contributed by atoms with Gasteiger partial charge in [0.15, 0.2) is 0 Å². The van der Waals surface area contributed by atoms with Crippen LogP contribution in [0.15, 0.2) is 84.9 Å². The molecule has 31 heavy (non-hydrogen) atoms. The molecule has 0 saturated carbocycles. The number of nitrogens with one attached hydrogen (secondary N) is 1. The summed E-state index contributed by atoms with van der Waals surface area (Å²) in [5, 5.41) is 2.74. The molecule has 4 amide bonds. The molecule has 3 aromatic rings. The van der Waals surface area contributed by atoms with Crippen molar-refractivity contribution in [2.45, 2.75) is 0 Å². The normalized spacial score (nSPS) is 12.5. The number of benzene rings is 3. The van der Waals surface area contributed by atoms with Crippen LogP contribution in [0.1, 0.15) is 20.7 Å². The topological polar surface area (TPSA) is 86.8 Å². The van der Waals surface area contributed by atoms with Crippen molar-refractivity contribution in [1.82, 2.24) is 4.90 Å². The fourth-order valence-corrected chi connectivity index (χ4v) is 3.40. The predicted molar refractivity (Wildman–Crippen MR) is 116 cm³/mol. The van der Waals surface area contributed by atoms with Crippen molar-refractivity contribution >= 4 is 35.0 Å². The molecule has 0 unspecified atom stereocenters. The Morgan fingerprint density at radius 2 is 1.26 bits per heavy atom. The molecule has 0 radical (unpaired) electrons. The van der Waals surface area contributed by atoms with Crippen molar-refractivity contribution in [3.8, 4) is 0 Å². The molecule has 0 spiro atoms. The summed E-state index contributed by atoms with van der Waals surface area (Å²) in [5.41, 5.74) is 1.64. The monoisotopic (exact) mass is 413 g/mol. The van der Waals surface area contributed by atoms with Crippen molar-refractivity contribution < 1.29 is 19.2 Å². The number of carbonyl (C=O) groups excluding carboxylic acids is 4. The number of hydrogen-bond acceptors (Lipinski definition) is 4. The number of fused-ring (bicyclic) bond motifs is 1. The summed E-state index contributed by atoms with van der Waals surface area (Å²) in [6.07, 6.45) is 0. The highest BCUT2D eigenvalue weighted by atomic mass is 16.2. The van der Waals surface area contributed by atoms with Crippen molar-refractivity contribution in [1.29, 1.82) is 0 Å². The van der Waals surface area contributed by atoms with E-state index in [0.29, 0.717) is 11.4 Å². The minimum Gasteiger partial charge on any atom is -0.325 e. The van der Waals surface area contributed by atoms with Gasteiger partial charge in [0.25, 0.3) is 11.8 Å². The third-order valence-electron chi connectivity index (χ3n) is 4.90. The molecule has 0 bridgehead atoms. The van der Waals surface area contributed by atoms with Gasteiger partial charge in [0.05, 0.1) is 11.1 Å². The highest BCUT2D eigenvalue weighted by Gasteiger charge is 2.37. The molecule has 0 aliphatic carbocycles. The van der Waals surface area contributed by atoms with Gasteiger partial charge in [-0.3, -0.25) is 24.1 Å². The van der Waals surface area contributed by atoms with Crippen LogP contribution in [0.2, 0.25) is 0 Å². The van der Waals surface area contributed by atoms with E-state index in [1.807, 2.05) is 6.07 Å². The Balaban J connectivity index is 1.53. The molecule has 7 heteroatoms. The highest BCUT2D eigenvalue weighted by molar-refractivity contribution is 6.23. The summed E-state index contributed by atoms with van der Waals surface area (Å²) in [6, 6.07) is 24.0. The van der Waals surface area contributed by atoms with Gasteiger partial charge in [0.1, 0.15) is 13.1 Å². The van der Waals surface area contributed by atoms with Crippen molar-refractivity contribution in [2.75, 3.05) is 23.3 Å². The van der Waals surface area contributed by atoms with Gasteiger partial charge in [-0.2, -0.15) is 0 Å². The first-order chi connectivity index (χ1) is 15.0. The summed E-state index contributed by atoms with van der Waals surface area (Å²) < 4.78 is 0. The van der Waals surface area contributed by atoms with Crippen LogP contribution < -0.4 is 10.2 Å². The lowest BCUT2D eigenvalue weighted by Crippen LogP contribution is -2.45. The van der Waals surface area contributed by atoms with Crippen molar-refractivity contribution in [3.63, 3.8) is 0 Å². The van der Waals surface area contributed by atoms with E-state index in [-0.39, 0.29) is 17.7 Å². The standard InChI is InChI=1S/C24H19N3O4/c28-21(25-17-9-3-1-4-10-17)15-26(18-11-5-2-6-12-18)22(29)16-27-23(30)19-13-7-8-14-20(19)24(27)31/h1-14H,15-16H2,(H,25,28). The van der Waals surface area contributed by atoms with Crippen LogP contribution in [-0.4, -0.2) is 41.6 Å². The zero-order valence-electron chi connectivity index (χ0n) is 16.5. The van der Waals surface area contributed by atoms with Crippen LogP contribution in [0.3, 0.4) is 0 Å². The predicted octanol–water partition coefficient (Wildman–Crippen LogP) is 2.95. The van der Waals surface area contributed by atoms with Crippen LogP contribution in [0.5, 0.6) is 0 Å². The molecule has 1 aliphatic rings. The van der Waals surface area contributed by atoms with E-state index in [2.05, 4.69) is 5.32 Å². The SMILES string of the molecule is O=C(CN(C(=O)CN1C(=O)c2ccccc2C1=O)c1ccccc1)Nc1ccccc1. The maximum absolute atomic E-state index is 13.1. The summed E-state index contributed by atoms with van der Waals surface area (Å²) in [5.74, 6) is -1.97. The number of para-hydroxylation sites is 2. The second-order valence-corrected chi connectivity index (χ2v) is 6.97. The van der Waals surface area contributed by atoms with E-state index in [4.69, 9.17) is 0 Å². The van der Waals surface area contributed by atoms with Gasteiger partial charge in [0, 0.05) is 11.4 Å². The molecule has 154 valence electrons. The average molecular weight is 413 g/mol. The Kier molecular flexibility index (Phi) is 5.57. The van der Waals surface area contributed by atoms with Gasteiger partial charge in [-0.25, -0.2) is 0 Å². The Labute approximate surface area is 178 Å². The van der Waals surface area contributed by atoms with Gasteiger partial charge in [0.2, 0.25) is 11.8 Å². The molecule has 0 saturated heterocycles. The zero-order valence-corrected chi connectivity index (χ0v) is 16.5. The summed E-state index contributed by atoms with van der Waals surface area (Å²) in [6.45, 7) is -0.721. The van der Waals surface area contributed by atoms with Crippen LogP contribution in [0.25, 0.3) is 0 Å². The van der Waals surface area contributed by atoms with E-state index in [1.165, 1.54) is 4.90 Å². The van der Waals surface area contributed by atoms with Crippen LogP contribution in [0, 0.1) is 0 Å². The first-order valence-corrected chi connectivity index (χ1v) is 9.70. The van der Waals surface area contributed by atoms with Crippen molar-refractivity contribution in [3.05, 3.63) is 96.1 Å². The lowest BCUT2D eigenvalue weighted by atomic mass is 10.1. The number of amides is 4. The number of imide groups is 1. The van der Waals surface area contributed by atoms with E-state index in [1.54, 1.807) is 78.9 Å². The van der Waals surface area contributed by atoms with Crippen LogP contribution >= 0.6 is 0 Å². The molecule has 1 aliphatic heterocycles. The number of nitrogens with zero attached hydrogens (tertiary/aromatic N) is 2. The molecule has 1 N–H and O–H groups in total. The number of carbonyl (C=O) groups is 4. The Morgan fingerprint density at radius 3 is 1.84 bits per heavy atom. The zero-order chi connectivity index (χ0) is 21.8. The van der Waals surface area contributed by atoms with E-state index < -0.39 is 30.2 Å². The highest BCUT2D eigenvalue weighted by Crippen LogP contribution is 2.23. The van der Waals surface area contributed by atoms with Gasteiger partial charge in [-0.05, 0) is 36.4 Å². The first kappa shape index (κ1) is 20.0. The Hall–Kier alpha value is -4.26. The third kappa shape index (κ3) is 4.20. The molecule has 7 nitrogen and oxygen atoms in total. The Morgan fingerprint density at radius 1 is 0.742 bits per heavy atom. The second-order valence-electron chi connectivity index (χ2n) is 6.97. The van der Waals surface area contributed by atoms with E-state index >= 15 is 0 Å². The molecule has 1 heterocycles. The van der Waals surface area contributed by atoms with Crippen molar-refractivity contribution in [2.24, 2.45) is 0 Å². The van der Waals surface area contributed by atoms with Gasteiger partial charge >= 0.3 is 0 Å². The minimum absolute atomic E-state index is 0.263. The fraction of sp³-hybridized carbons (Fsp3) is 0.0833. The average Bonchev–Trinajstić information content (AvgIpc) is 3.04. The maximum atomic E-state index is 13.1. The number of rotatable bonds is 6. The second kappa shape index (κ2) is 8.62. The summed E-state index contributed by atoms with van der Waals surface area (Å²) >= 11 is 0. The summed E-state index contributed by atoms with van der Waals surface area (Å²) in [7, 11) is 0. The molecule has 3 aromatic carbocycles. The molecule has 0 aromatic heterocycles. The molecule has 4 rings (SSSR count). The smallest absolute Gasteiger partial charge is 0.262 e. The largest absolute Gasteiger partial charge is 0.325 e. The molecular formula is C24H19N3O4.